The first-order valence-corrected chi connectivity index (χ1v) is 8.82. The molecule has 0 unspecified atom stereocenters. The number of hydrogen-bond donors (Lipinski definition) is 1. The number of carbonyl (C=O) groups is 2. The van der Waals surface area contributed by atoms with Crippen molar-refractivity contribution in [2.45, 2.75) is 18.9 Å². The van der Waals surface area contributed by atoms with E-state index in [0.717, 1.165) is 36.8 Å². The standard InChI is InChI=1S/C19H22N4O2/c20-16-12-23(11-15(16)19(25)22-7-3-4-8-22)18(24)14-9-13-5-1-2-6-17(13)21-10-14/h1-2,5-6,9-10,15-16H,3-4,7-8,11-12,20H2/t15-,16+/m1/s1. The van der Waals surface area contributed by atoms with Gasteiger partial charge in [-0.3, -0.25) is 14.6 Å². The number of benzene rings is 1. The van der Waals surface area contributed by atoms with Crippen molar-refractivity contribution in [3.8, 4) is 0 Å². The van der Waals surface area contributed by atoms with E-state index in [2.05, 4.69) is 4.98 Å². The van der Waals surface area contributed by atoms with E-state index >= 15 is 0 Å². The number of hydrogen-bond acceptors (Lipinski definition) is 4. The lowest BCUT2D eigenvalue weighted by atomic mass is 10.0. The van der Waals surface area contributed by atoms with Crippen molar-refractivity contribution in [1.29, 1.82) is 0 Å². The average Bonchev–Trinajstić information content (AvgIpc) is 3.30. The molecule has 0 radical (unpaired) electrons. The van der Waals surface area contributed by atoms with Crippen molar-refractivity contribution < 1.29 is 9.59 Å². The third kappa shape index (κ3) is 2.98. The zero-order chi connectivity index (χ0) is 17.4. The molecule has 0 bridgehead atoms. The third-order valence-electron chi connectivity index (χ3n) is 5.22. The van der Waals surface area contributed by atoms with Crippen LogP contribution in [0.3, 0.4) is 0 Å². The molecule has 2 saturated heterocycles. The molecule has 1 aromatic carbocycles. The van der Waals surface area contributed by atoms with Gasteiger partial charge >= 0.3 is 0 Å². The molecular weight excluding hydrogens is 316 g/mol. The maximum absolute atomic E-state index is 12.8. The van der Waals surface area contributed by atoms with Crippen molar-refractivity contribution in [3.63, 3.8) is 0 Å². The van der Waals surface area contributed by atoms with Gasteiger partial charge < -0.3 is 15.5 Å². The lowest BCUT2D eigenvalue weighted by Gasteiger charge is -2.22. The summed E-state index contributed by atoms with van der Waals surface area (Å²) in [6, 6.07) is 9.26. The van der Waals surface area contributed by atoms with Crippen molar-refractivity contribution in [1.82, 2.24) is 14.8 Å². The summed E-state index contributed by atoms with van der Waals surface area (Å²) < 4.78 is 0. The van der Waals surface area contributed by atoms with Gasteiger partial charge in [-0.1, -0.05) is 18.2 Å². The molecule has 6 heteroatoms. The number of likely N-dealkylation sites (tertiary alicyclic amines) is 2. The highest BCUT2D eigenvalue weighted by atomic mass is 16.2. The lowest BCUT2D eigenvalue weighted by molar-refractivity contribution is -0.134. The Labute approximate surface area is 146 Å². The molecule has 2 N–H and O–H groups in total. The van der Waals surface area contributed by atoms with Gasteiger partial charge in [0.2, 0.25) is 5.91 Å². The minimum Gasteiger partial charge on any atom is -0.342 e. The van der Waals surface area contributed by atoms with Gasteiger partial charge in [0.1, 0.15) is 0 Å². The van der Waals surface area contributed by atoms with E-state index in [1.807, 2.05) is 35.2 Å². The number of aromatic nitrogens is 1. The van der Waals surface area contributed by atoms with E-state index in [0.29, 0.717) is 18.7 Å². The fraction of sp³-hybridized carbons (Fsp3) is 0.421. The smallest absolute Gasteiger partial charge is 0.255 e. The predicted octanol–water partition coefficient (Wildman–Crippen LogP) is 1.26. The number of rotatable bonds is 2. The van der Waals surface area contributed by atoms with E-state index < -0.39 is 0 Å². The summed E-state index contributed by atoms with van der Waals surface area (Å²) in [4.78, 5) is 33.4. The molecular formula is C19H22N4O2. The zero-order valence-corrected chi connectivity index (χ0v) is 14.1. The van der Waals surface area contributed by atoms with Crippen molar-refractivity contribution in [2.24, 2.45) is 11.7 Å². The van der Waals surface area contributed by atoms with Crippen LogP contribution in [-0.4, -0.2) is 58.8 Å². The number of carbonyl (C=O) groups excluding carboxylic acids is 2. The number of amides is 2. The van der Waals surface area contributed by atoms with Crippen LogP contribution in [0.2, 0.25) is 0 Å². The Morgan fingerprint density at radius 3 is 2.64 bits per heavy atom. The third-order valence-corrected chi connectivity index (χ3v) is 5.22. The second-order valence-corrected chi connectivity index (χ2v) is 6.93. The maximum atomic E-state index is 12.8. The van der Waals surface area contributed by atoms with Crippen LogP contribution in [0.25, 0.3) is 10.9 Å². The van der Waals surface area contributed by atoms with Crippen LogP contribution >= 0.6 is 0 Å². The van der Waals surface area contributed by atoms with Crippen molar-refractivity contribution in [3.05, 3.63) is 42.1 Å². The molecule has 2 amide bonds. The van der Waals surface area contributed by atoms with Crippen LogP contribution in [0.4, 0.5) is 0 Å². The number of nitrogens with zero attached hydrogens (tertiary/aromatic N) is 3. The van der Waals surface area contributed by atoms with Crippen LogP contribution in [0.5, 0.6) is 0 Å². The van der Waals surface area contributed by atoms with E-state index in [1.54, 1.807) is 11.1 Å². The largest absolute Gasteiger partial charge is 0.342 e. The number of nitrogens with two attached hydrogens (primary N) is 1. The quantitative estimate of drug-likeness (QED) is 0.894. The Morgan fingerprint density at radius 1 is 1.08 bits per heavy atom. The number of fused-ring (bicyclic) bond motifs is 1. The molecule has 2 aliphatic rings. The van der Waals surface area contributed by atoms with Gasteiger partial charge in [-0.25, -0.2) is 0 Å². The Kier molecular flexibility index (Phi) is 4.13. The highest BCUT2D eigenvalue weighted by Gasteiger charge is 2.40. The average molecular weight is 338 g/mol. The summed E-state index contributed by atoms with van der Waals surface area (Å²) in [6.45, 7) is 2.42. The predicted molar refractivity (Wildman–Crippen MR) is 94.9 cm³/mol. The van der Waals surface area contributed by atoms with Crippen LogP contribution in [0.15, 0.2) is 36.5 Å². The van der Waals surface area contributed by atoms with E-state index in [4.69, 9.17) is 5.73 Å². The van der Waals surface area contributed by atoms with Gasteiger partial charge in [-0.15, -0.1) is 0 Å². The molecule has 0 spiro atoms. The minimum absolute atomic E-state index is 0.0944. The van der Waals surface area contributed by atoms with Crippen molar-refractivity contribution >= 4 is 22.7 Å². The molecule has 2 fully saturated rings. The van der Waals surface area contributed by atoms with Crippen molar-refractivity contribution in [2.75, 3.05) is 26.2 Å². The van der Waals surface area contributed by atoms with Gasteiger partial charge in [0, 0.05) is 43.8 Å². The van der Waals surface area contributed by atoms with Crippen LogP contribution in [0.1, 0.15) is 23.2 Å². The van der Waals surface area contributed by atoms with E-state index in [9.17, 15) is 9.59 Å². The topological polar surface area (TPSA) is 79.5 Å². The number of para-hydroxylation sites is 1. The summed E-state index contributed by atoms with van der Waals surface area (Å²) in [5.74, 6) is -0.308. The highest BCUT2D eigenvalue weighted by molar-refractivity contribution is 5.98. The fourth-order valence-electron chi connectivity index (χ4n) is 3.80. The second kappa shape index (κ2) is 6.44. The summed E-state index contributed by atoms with van der Waals surface area (Å²) in [7, 11) is 0. The van der Waals surface area contributed by atoms with Crippen LogP contribution in [-0.2, 0) is 4.79 Å². The molecule has 0 aliphatic carbocycles. The Morgan fingerprint density at radius 2 is 1.84 bits per heavy atom. The molecule has 1 aromatic heterocycles. The van der Waals surface area contributed by atoms with E-state index in [1.165, 1.54) is 0 Å². The maximum Gasteiger partial charge on any atom is 0.255 e. The van der Waals surface area contributed by atoms with Gasteiger partial charge in [-0.05, 0) is 25.0 Å². The molecule has 130 valence electrons. The fourth-order valence-corrected chi connectivity index (χ4v) is 3.80. The zero-order valence-electron chi connectivity index (χ0n) is 14.1. The summed E-state index contributed by atoms with van der Waals surface area (Å²) in [5, 5.41) is 0.932. The van der Waals surface area contributed by atoms with Gasteiger partial charge in [-0.2, -0.15) is 0 Å². The lowest BCUT2D eigenvalue weighted by Crippen LogP contribution is -2.42. The van der Waals surface area contributed by atoms with E-state index in [-0.39, 0.29) is 23.8 Å². The molecule has 25 heavy (non-hydrogen) atoms. The first-order valence-electron chi connectivity index (χ1n) is 8.82. The first kappa shape index (κ1) is 16.0. The second-order valence-electron chi connectivity index (χ2n) is 6.93. The Balaban J connectivity index is 1.51. The normalized spacial score (nSPS) is 23.4. The summed E-state index contributed by atoms with van der Waals surface area (Å²) >= 11 is 0. The summed E-state index contributed by atoms with van der Waals surface area (Å²) in [6.07, 6.45) is 3.71. The molecule has 0 saturated carbocycles. The molecule has 3 heterocycles. The molecule has 4 rings (SSSR count). The molecule has 2 aliphatic heterocycles. The SMILES string of the molecule is N[C@H]1CN(C(=O)c2cnc3ccccc3c2)C[C@H]1C(=O)N1CCCC1. The molecule has 2 atom stereocenters. The first-order chi connectivity index (χ1) is 12.1. The number of pyridine rings is 1. The van der Waals surface area contributed by atoms with Crippen LogP contribution in [0, 0.1) is 5.92 Å². The molecule has 6 nitrogen and oxygen atoms in total. The Bertz CT molecular complexity index is 816. The monoisotopic (exact) mass is 338 g/mol. The molecule has 2 aromatic rings. The van der Waals surface area contributed by atoms with Gasteiger partial charge in [0.15, 0.2) is 0 Å². The Hall–Kier alpha value is -2.47. The van der Waals surface area contributed by atoms with Gasteiger partial charge in [0.05, 0.1) is 17.0 Å². The minimum atomic E-state index is -0.300. The van der Waals surface area contributed by atoms with Crippen LogP contribution < -0.4 is 5.73 Å². The van der Waals surface area contributed by atoms with Gasteiger partial charge in [0.25, 0.3) is 5.91 Å². The highest BCUT2D eigenvalue weighted by Crippen LogP contribution is 2.23. The summed E-state index contributed by atoms with van der Waals surface area (Å²) in [5.41, 5.74) is 7.59.